The van der Waals surface area contributed by atoms with Crippen LogP contribution in [-0.2, 0) is 4.84 Å². The second-order valence-electron chi connectivity index (χ2n) is 6.41. The van der Waals surface area contributed by atoms with Gasteiger partial charge in [0.15, 0.2) is 0 Å². The monoisotopic (exact) mass is 277 g/mol. The summed E-state index contributed by atoms with van der Waals surface area (Å²) in [4.78, 5) is 4.87. The third-order valence-corrected chi connectivity index (χ3v) is 3.83. The summed E-state index contributed by atoms with van der Waals surface area (Å²) in [5.74, 6) is 0. The Balaban J connectivity index is 0. The fourth-order valence-corrected chi connectivity index (χ4v) is 0.272. The van der Waals surface area contributed by atoms with Gasteiger partial charge in [-0.25, -0.2) is 0 Å². The van der Waals surface area contributed by atoms with Crippen LogP contribution in [0, 0.1) is 0 Å². The van der Waals surface area contributed by atoms with E-state index in [2.05, 4.69) is 18.0 Å². The van der Waals surface area contributed by atoms with Crippen molar-refractivity contribution in [3.05, 3.63) is 0 Å². The van der Waals surface area contributed by atoms with Crippen LogP contribution in [-0.4, -0.2) is 39.7 Å². The van der Waals surface area contributed by atoms with Gasteiger partial charge in [0.05, 0.1) is 11.2 Å². The molecule has 0 fully saturated rings. The number of thiol groups is 1. The maximum Gasteiger partial charge on any atom is 0.219 e. The van der Waals surface area contributed by atoms with E-state index in [-0.39, 0.29) is 4.75 Å². The SMILES string of the molecule is CC(C)(O)C(C)(C)S.[B]NOC(C)(C)C(C)(C)O. The van der Waals surface area contributed by atoms with Crippen LogP contribution in [0.25, 0.3) is 0 Å². The van der Waals surface area contributed by atoms with E-state index in [4.69, 9.17) is 12.8 Å². The Labute approximate surface area is 118 Å². The average Bonchev–Trinajstić information content (AvgIpc) is 1.98. The van der Waals surface area contributed by atoms with Crippen molar-refractivity contribution in [2.75, 3.05) is 0 Å². The van der Waals surface area contributed by atoms with Gasteiger partial charge >= 0.3 is 0 Å². The number of hydrogen-bond donors (Lipinski definition) is 4. The molecule has 0 rings (SSSR count). The van der Waals surface area contributed by atoms with Gasteiger partial charge in [-0.3, -0.25) is 5.39 Å². The third kappa shape index (κ3) is 7.64. The van der Waals surface area contributed by atoms with E-state index < -0.39 is 16.8 Å². The van der Waals surface area contributed by atoms with Crippen LogP contribution in [0.5, 0.6) is 0 Å². The van der Waals surface area contributed by atoms with E-state index in [1.165, 1.54) is 0 Å². The zero-order valence-electron chi connectivity index (χ0n) is 12.8. The summed E-state index contributed by atoms with van der Waals surface area (Å²) in [6.45, 7) is 14.1. The number of aliphatic hydroxyl groups is 2. The Hall–Kier alpha value is 0.255. The van der Waals surface area contributed by atoms with Gasteiger partial charge in [-0.1, -0.05) is 0 Å². The van der Waals surface area contributed by atoms with Gasteiger partial charge in [0.25, 0.3) is 0 Å². The molecule has 0 saturated heterocycles. The largest absolute Gasteiger partial charge is 0.389 e. The number of hydrogen-bond acceptors (Lipinski definition) is 5. The van der Waals surface area contributed by atoms with Crippen LogP contribution in [0.15, 0.2) is 0 Å². The first-order chi connectivity index (χ1) is 7.56. The maximum atomic E-state index is 9.46. The van der Waals surface area contributed by atoms with Crippen LogP contribution in [0.1, 0.15) is 55.4 Å². The Morgan fingerprint density at radius 3 is 1.22 bits per heavy atom. The predicted molar refractivity (Wildman–Crippen MR) is 79.7 cm³/mol. The lowest BCUT2D eigenvalue weighted by atomic mass is 9.90. The second kappa shape index (κ2) is 6.61. The third-order valence-electron chi connectivity index (χ3n) is 3.28. The quantitative estimate of drug-likeness (QED) is 0.358. The molecule has 0 spiro atoms. The number of rotatable bonds is 4. The standard InChI is InChI=1S/C6H14BNO2.C6H14OS/c1-5(2,9)6(3,4)10-8-7;1-5(2,7)6(3,4)8/h8-9H,1-4H3;7-8H,1-4H3. The lowest BCUT2D eigenvalue weighted by Crippen LogP contribution is -2.49. The van der Waals surface area contributed by atoms with E-state index in [1.807, 2.05) is 13.8 Å². The molecule has 4 nitrogen and oxygen atoms in total. The highest BCUT2D eigenvalue weighted by Gasteiger charge is 2.36. The normalized spacial score (nSPS) is 13.9. The van der Waals surface area contributed by atoms with Crippen molar-refractivity contribution >= 4 is 20.6 Å². The molecule has 108 valence electrons. The Kier molecular flexibility index (Phi) is 7.56. The summed E-state index contributed by atoms with van der Waals surface area (Å²) in [5, 5.41) is 20.8. The first-order valence-corrected chi connectivity index (χ1v) is 6.31. The molecule has 3 N–H and O–H groups in total. The molecule has 0 aliphatic rings. The molecule has 6 heteroatoms. The highest BCUT2D eigenvalue weighted by atomic mass is 32.1. The molecule has 0 saturated carbocycles. The van der Waals surface area contributed by atoms with Crippen molar-refractivity contribution in [3.63, 3.8) is 0 Å². The minimum Gasteiger partial charge on any atom is -0.389 e. The molecule has 0 atom stereocenters. The minimum absolute atomic E-state index is 0.312. The summed E-state index contributed by atoms with van der Waals surface area (Å²) in [7, 11) is 4.93. The van der Waals surface area contributed by atoms with E-state index in [9.17, 15) is 10.2 Å². The summed E-state index contributed by atoms with van der Waals surface area (Å²) in [5.41, 5.74) is -2.31. The van der Waals surface area contributed by atoms with E-state index >= 15 is 0 Å². The molecule has 0 amide bonds. The minimum atomic E-state index is -0.917. The van der Waals surface area contributed by atoms with Gasteiger partial charge in [0.1, 0.15) is 5.60 Å². The molecule has 0 aromatic rings. The Morgan fingerprint density at radius 2 is 1.17 bits per heavy atom. The number of nitrogens with one attached hydrogen (secondary N) is 1. The van der Waals surface area contributed by atoms with Gasteiger partial charge < -0.3 is 15.1 Å². The molecule has 0 aromatic carbocycles. The highest BCUT2D eigenvalue weighted by molar-refractivity contribution is 7.81. The topological polar surface area (TPSA) is 61.7 Å². The lowest BCUT2D eigenvalue weighted by Gasteiger charge is -2.36. The molecular weight excluding hydrogens is 249 g/mol. The van der Waals surface area contributed by atoms with Gasteiger partial charge in [0, 0.05) is 4.75 Å². The van der Waals surface area contributed by atoms with Gasteiger partial charge in [0.2, 0.25) is 7.98 Å². The molecule has 2 radical (unpaired) electrons. The van der Waals surface area contributed by atoms with Crippen molar-refractivity contribution in [2.24, 2.45) is 0 Å². The summed E-state index contributed by atoms with van der Waals surface area (Å²) >= 11 is 4.19. The first kappa shape index (κ1) is 20.6. The van der Waals surface area contributed by atoms with Gasteiger partial charge in [-0.2, -0.15) is 12.6 Å². The van der Waals surface area contributed by atoms with E-state index in [0.29, 0.717) is 0 Å². The molecule has 0 unspecified atom stereocenters. The second-order valence-corrected chi connectivity index (χ2v) is 7.53. The zero-order chi connectivity index (χ0) is 15.4. The highest BCUT2D eigenvalue weighted by Crippen LogP contribution is 2.26. The Bertz CT molecular complexity index is 227. The fourth-order valence-electron chi connectivity index (χ4n) is 0.272. The molecule has 0 aliphatic heterocycles. The molecule has 0 heterocycles. The summed E-state index contributed by atoms with van der Waals surface area (Å²) in [6.07, 6.45) is 0. The summed E-state index contributed by atoms with van der Waals surface area (Å²) < 4.78 is -0.312. The van der Waals surface area contributed by atoms with Crippen LogP contribution in [0.4, 0.5) is 0 Å². The molecule has 0 aromatic heterocycles. The zero-order valence-corrected chi connectivity index (χ0v) is 13.7. The van der Waals surface area contributed by atoms with E-state index in [0.717, 1.165) is 0 Å². The van der Waals surface area contributed by atoms with Crippen molar-refractivity contribution in [1.82, 2.24) is 5.39 Å². The fraction of sp³-hybridized carbons (Fsp3) is 1.00. The average molecular weight is 277 g/mol. The van der Waals surface area contributed by atoms with Crippen molar-refractivity contribution in [3.8, 4) is 0 Å². The van der Waals surface area contributed by atoms with Gasteiger partial charge in [-0.05, 0) is 55.4 Å². The lowest BCUT2D eigenvalue weighted by molar-refractivity contribution is -0.164. The molecule has 18 heavy (non-hydrogen) atoms. The smallest absolute Gasteiger partial charge is 0.219 e. The Morgan fingerprint density at radius 1 is 0.889 bits per heavy atom. The molecular formula is C12H28BNO3S. The maximum absolute atomic E-state index is 9.46. The van der Waals surface area contributed by atoms with Crippen LogP contribution in [0.3, 0.4) is 0 Å². The van der Waals surface area contributed by atoms with Gasteiger partial charge in [-0.15, -0.1) is 0 Å². The molecule has 0 aliphatic carbocycles. The van der Waals surface area contributed by atoms with Crippen LogP contribution in [0.2, 0.25) is 0 Å². The predicted octanol–water partition coefficient (Wildman–Crippen LogP) is 1.61. The van der Waals surface area contributed by atoms with Crippen molar-refractivity contribution in [2.45, 2.75) is 76.9 Å². The van der Waals surface area contributed by atoms with Crippen LogP contribution < -0.4 is 5.39 Å². The van der Waals surface area contributed by atoms with Crippen molar-refractivity contribution < 1.29 is 15.1 Å². The first-order valence-electron chi connectivity index (χ1n) is 5.87. The summed E-state index contributed by atoms with van der Waals surface area (Å²) in [6, 6.07) is 0. The van der Waals surface area contributed by atoms with Crippen LogP contribution >= 0.6 is 12.6 Å². The molecule has 0 bridgehead atoms. The van der Waals surface area contributed by atoms with Crippen molar-refractivity contribution in [1.29, 1.82) is 0 Å². The van der Waals surface area contributed by atoms with E-state index in [1.54, 1.807) is 41.5 Å².